The van der Waals surface area contributed by atoms with Crippen LogP contribution in [-0.2, 0) is 16.1 Å². The monoisotopic (exact) mass is 405 g/mol. The van der Waals surface area contributed by atoms with Gasteiger partial charge in [-0.15, -0.1) is 0 Å². The maximum absolute atomic E-state index is 12.5. The first-order chi connectivity index (χ1) is 14.6. The smallest absolute Gasteiger partial charge is 0.407 e. The van der Waals surface area contributed by atoms with Crippen molar-refractivity contribution in [2.45, 2.75) is 31.8 Å². The lowest BCUT2D eigenvalue weighted by Gasteiger charge is -2.18. The number of nitrogens with zero attached hydrogens (tertiary/aromatic N) is 2. The number of aliphatic carboxylic acids is 1. The second-order valence-corrected chi connectivity index (χ2v) is 7.25. The minimum atomic E-state index is -1.01. The van der Waals surface area contributed by atoms with Crippen LogP contribution < -0.4 is 5.32 Å². The third-order valence-electron chi connectivity index (χ3n) is 5.39. The van der Waals surface area contributed by atoms with Crippen molar-refractivity contribution in [2.24, 2.45) is 0 Å². The predicted octanol–water partition coefficient (Wildman–Crippen LogP) is 3.96. The number of aromatic nitrogens is 2. The number of fused-ring (bicyclic) bond motifs is 3. The maximum atomic E-state index is 12.5. The van der Waals surface area contributed by atoms with Gasteiger partial charge in [0.15, 0.2) is 0 Å². The van der Waals surface area contributed by atoms with E-state index in [9.17, 15) is 14.7 Å². The molecule has 3 aromatic rings. The number of carboxylic acids is 1. The van der Waals surface area contributed by atoms with Gasteiger partial charge >= 0.3 is 12.1 Å². The topological polar surface area (TPSA) is 93.5 Å². The summed E-state index contributed by atoms with van der Waals surface area (Å²) in [7, 11) is 0. The number of ether oxygens (including phenoxy) is 1. The Balaban J connectivity index is 1.47. The molecule has 0 bridgehead atoms. The van der Waals surface area contributed by atoms with E-state index in [1.807, 2.05) is 43.3 Å². The molecule has 7 nitrogen and oxygen atoms in total. The Hall–Kier alpha value is -3.61. The van der Waals surface area contributed by atoms with E-state index >= 15 is 0 Å². The van der Waals surface area contributed by atoms with Crippen LogP contribution >= 0.6 is 0 Å². The van der Waals surface area contributed by atoms with Gasteiger partial charge in [-0.3, -0.25) is 9.48 Å². The molecule has 0 saturated heterocycles. The van der Waals surface area contributed by atoms with Gasteiger partial charge in [-0.2, -0.15) is 5.10 Å². The van der Waals surface area contributed by atoms with Crippen molar-refractivity contribution in [3.05, 3.63) is 77.6 Å². The average molecular weight is 405 g/mol. The summed E-state index contributed by atoms with van der Waals surface area (Å²) < 4.78 is 7.22. The van der Waals surface area contributed by atoms with Gasteiger partial charge in [-0.25, -0.2) is 4.79 Å². The van der Waals surface area contributed by atoms with Gasteiger partial charge < -0.3 is 15.2 Å². The lowest BCUT2D eigenvalue weighted by molar-refractivity contribution is -0.137. The zero-order chi connectivity index (χ0) is 21.1. The van der Waals surface area contributed by atoms with Gasteiger partial charge in [0.25, 0.3) is 0 Å². The summed E-state index contributed by atoms with van der Waals surface area (Å²) >= 11 is 0. The van der Waals surface area contributed by atoms with E-state index in [4.69, 9.17) is 4.74 Å². The number of aryl methyl sites for hydroxylation is 1. The summed E-state index contributed by atoms with van der Waals surface area (Å²) in [4.78, 5) is 23.8. The van der Waals surface area contributed by atoms with E-state index in [1.54, 1.807) is 17.1 Å². The molecule has 1 amide bonds. The lowest BCUT2D eigenvalue weighted by atomic mass is 9.98. The van der Waals surface area contributed by atoms with Crippen LogP contribution in [0, 0.1) is 0 Å². The molecule has 1 heterocycles. The second-order valence-electron chi connectivity index (χ2n) is 7.25. The van der Waals surface area contributed by atoms with Crippen molar-refractivity contribution >= 4 is 12.1 Å². The molecule has 1 aliphatic rings. The molecule has 0 fully saturated rings. The van der Waals surface area contributed by atoms with Crippen molar-refractivity contribution in [3.8, 4) is 11.1 Å². The Morgan fingerprint density at radius 1 is 1.13 bits per heavy atom. The minimum absolute atomic E-state index is 0.0519. The third kappa shape index (κ3) is 3.91. The highest BCUT2D eigenvalue weighted by atomic mass is 16.5. The van der Waals surface area contributed by atoms with Gasteiger partial charge in [0.05, 0.1) is 18.7 Å². The summed E-state index contributed by atoms with van der Waals surface area (Å²) in [5, 5.41) is 16.1. The summed E-state index contributed by atoms with van der Waals surface area (Å²) in [5.74, 6) is -1.06. The number of rotatable bonds is 7. The third-order valence-corrected chi connectivity index (χ3v) is 5.39. The Morgan fingerprint density at radius 2 is 1.77 bits per heavy atom. The average Bonchev–Trinajstić information content (AvgIpc) is 3.35. The zero-order valence-electron chi connectivity index (χ0n) is 16.6. The summed E-state index contributed by atoms with van der Waals surface area (Å²) in [6.45, 7) is 2.76. The molecule has 0 aliphatic heterocycles. The SMILES string of the molecule is CCn1cc([C@H](CC(=O)O)NC(=O)OCC2c3ccccc3-c3ccccc32)cn1. The highest BCUT2D eigenvalue weighted by Crippen LogP contribution is 2.44. The summed E-state index contributed by atoms with van der Waals surface area (Å²) in [6, 6.07) is 15.5. The number of carbonyl (C=O) groups excluding carboxylic acids is 1. The van der Waals surface area contributed by atoms with Gasteiger partial charge in [0, 0.05) is 24.2 Å². The van der Waals surface area contributed by atoms with Crippen LogP contribution in [0.3, 0.4) is 0 Å². The second kappa shape index (κ2) is 8.41. The van der Waals surface area contributed by atoms with Gasteiger partial charge in [-0.1, -0.05) is 48.5 Å². The molecular formula is C23H23N3O4. The number of nitrogens with one attached hydrogen (secondary N) is 1. The number of hydrogen-bond acceptors (Lipinski definition) is 4. The molecule has 30 heavy (non-hydrogen) atoms. The molecule has 154 valence electrons. The van der Waals surface area contributed by atoms with Crippen molar-refractivity contribution in [1.29, 1.82) is 0 Å². The standard InChI is InChI=1S/C23H23N3O4/c1-2-26-13-15(12-24-26)21(11-22(27)28)25-23(29)30-14-20-18-9-5-3-7-16(18)17-8-4-6-10-19(17)20/h3-10,12-13,20-21H,2,11,14H2,1H3,(H,25,29)(H,27,28)/t21-/m0/s1. The van der Waals surface area contributed by atoms with Crippen molar-refractivity contribution in [3.63, 3.8) is 0 Å². The van der Waals surface area contributed by atoms with Gasteiger partial charge in [-0.05, 0) is 29.2 Å². The van der Waals surface area contributed by atoms with Crippen LogP contribution in [0.4, 0.5) is 4.79 Å². The molecule has 1 atom stereocenters. The van der Waals surface area contributed by atoms with E-state index in [0.29, 0.717) is 12.1 Å². The Morgan fingerprint density at radius 3 is 2.33 bits per heavy atom. The molecule has 0 radical (unpaired) electrons. The number of carboxylic acid groups (broad SMARTS) is 1. The van der Waals surface area contributed by atoms with Crippen LogP contribution in [0.2, 0.25) is 0 Å². The van der Waals surface area contributed by atoms with Crippen LogP contribution in [0.5, 0.6) is 0 Å². The fraction of sp³-hybridized carbons (Fsp3) is 0.261. The van der Waals surface area contributed by atoms with E-state index in [0.717, 1.165) is 22.3 Å². The molecular weight excluding hydrogens is 382 g/mol. The normalized spacial score (nSPS) is 13.4. The largest absolute Gasteiger partial charge is 0.481 e. The molecule has 1 aliphatic carbocycles. The highest BCUT2D eigenvalue weighted by molar-refractivity contribution is 5.79. The lowest BCUT2D eigenvalue weighted by Crippen LogP contribution is -2.31. The fourth-order valence-corrected chi connectivity index (χ4v) is 3.94. The van der Waals surface area contributed by atoms with E-state index < -0.39 is 18.1 Å². The first-order valence-electron chi connectivity index (χ1n) is 9.92. The number of hydrogen-bond donors (Lipinski definition) is 2. The number of amides is 1. The zero-order valence-corrected chi connectivity index (χ0v) is 16.6. The molecule has 1 aromatic heterocycles. The van der Waals surface area contributed by atoms with Gasteiger partial charge in [0.1, 0.15) is 6.61 Å². The highest BCUT2D eigenvalue weighted by Gasteiger charge is 2.29. The Bertz CT molecular complexity index is 1030. The van der Waals surface area contributed by atoms with Crippen LogP contribution in [-0.4, -0.2) is 33.6 Å². The van der Waals surface area contributed by atoms with E-state index in [2.05, 4.69) is 22.5 Å². The number of benzene rings is 2. The maximum Gasteiger partial charge on any atom is 0.407 e. The first-order valence-corrected chi connectivity index (χ1v) is 9.92. The Kier molecular flexibility index (Phi) is 5.52. The molecule has 0 saturated carbocycles. The van der Waals surface area contributed by atoms with Crippen LogP contribution in [0.15, 0.2) is 60.9 Å². The number of carbonyl (C=O) groups is 2. The van der Waals surface area contributed by atoms with Crippen molar-refractivity contribution < 1.29 is 19.4 Å². The van der Waals surface area contributed by atoms with Crippen molar-refractivity contribution in [1.82, 2.24) is 15.1 Å². The Labute approximate surface area is 174 Å². The van der Waals surface area contributed by atoms with Crippen molar-refractivity contribution in [2.75, 3.05) is 6.61 Å². The fourth-order valence-electron chi connectivity index (χ4n) is 3.94. The van der Waals surface area contributed by atoms with Crippen LogP contribution in [0.25, 0.3) is 11.1 Å². The molecule has 2 aromatic carbocycles. The molecule has 7 heteroatoms. The molecule has 0 unspecified atom stereocenters. The summed E-state index contributed by atoms with van der Waals surface area (Å²) in [6.07, 6.45) is 2.41. The molecule has 4 rings (SSSR count). The molecule has 0 spiro atoms. The quantitative estimate of drug-likeness (QED) is 0.621. The van der Waals surface area contributed by atoms with E-state index in [-0.39, 0.29) is 18.9 Å². The predicted molar refractivity (Wildman–Crippen MR) is 111 cm³/mol. The minimum Gasteiger partial charge on any atom is -0.481 e. The van der Waals surface area contributed by atoms with E-state index in [1.165, 1.54) is 0 Å². The number of alkyl carbamates (subject to hydrolysis) is 1. The van der Waals surface area contributed by atoms with Gasteiger partial charge in [0.2, 0.25) is 0 Å². The molecule has 2 N–H and O–H groups in total. The first kappa shape index (κ1) is 19.7. The van der Waals surface area contributed by atoms with Crippen LogP contribution in [0.1, 0.15) is 42.0 Å². The summed E-state index contributed by atoms with van der Waals surface area (Å²) in [5.41, 5.74) is 5.18.